The summed E-state index contributed by atoms with van der Waals surface area (Å²) in [5, 5.41) is 0. The number of ether oxygens (including phenoxy) is 1. The molecule has 2 unspecified atom stereocenters. The van der Waals surface area contributed by atoms with Crippen LogP contribution in [-0.2, 0) is 11.3 Å². The molecule has 0 aliphatic carbocycles. The number of carbonyl (C=O) groups is 1. The van der Waals surface area contributed by atoms with E-state index in [1.54, 1.807) is 12.3 Å². The molecule has 19 heavy (non-hydrogen) atoms. The van der Waals surface area contributed by atoms with Crippen molar-refractivity contribution in [2.75, 3.05) is 13.1 Å². The lowest BCUT2D eigenvalue weighted by Gasteiger charge is -2.31. The molecule has 3 heterocycles. The van der Waals surface area contributed by atoms with Crippen LogP contribution in [0.2, 0.25) is 0 Å². The molecule has 0 spiro atoms. The normalized spacial score (nSPS) is 26.4. The van der Waals surface area contributed by atoms with Crippen molar-refractivity contribution in [1.29, 1.82) is 0 Å². The Morgan fingerprint density at radius 2 is 2.16 bits per heavy atom. The molecule has 1 aromatic heterocycles. The van der Waals surface area contributed by atoms with Gasteiger partial charge in [-0.1, -0.05) is 0 Å². The maximum Gasteiger partial charge on any atom is 0.266 e. The van der Waals surface area contributed by atoms with Gasteiger partial charge in [-0.3, -0.25) is 20.1 Å². The van der Waals surface area contributed by atoms with Crippen LogP contribution in [0.5, 0.6) is 0 Å². The number of likely N-dealkylation sites (tertiary alicyclic amines) is 1. The van der Waals surface area contributed by atoms with Gasteiger partial charge in [0.25, 0.3) is 5.91 Å². The van der Waals surface area contributed by atoms with Crippen LogP contribution in [0.25, 0.3) is 0 Å². The molecule has 0 aromatic carbocycles. The van der Waals surface area contributed by atoms with Gasteiger partial charge >= 0.3 is 0 Å². The number of aromatic nitrogens is 1. The molecule has 6 heteroatoms. The Balaban J connectivity index is 1.62. The standard InChI is InChI=1S/C13H18N4O2/c14-16-13(18)9-1-2-10(15-5-9)6-17-7-11-3-4-12(8-17)19-11/h1-2,5,11-12H,3-4,6-8,14H2,(H,16,18). The summed E-state index contributed by atoms with van der Waals surface area (Å²) in [4.78, 5) is 18.0. The van der Waals surface area contributed by atoms with E-state index in [-0.39, 0.29) is 5.91 Å². The third kappa shape index (κ3) is 2.75. The summed E-state index contributed by atoms with van der Waals surface area (Å²) in [5.41, 5.74) is 3.54. The highest BCUT2D eigenvalue weighted by Crippen LogP contribution is 2.26. The van der Waals surface area contributed by atoms with Gasteiger partial charge in [0.05, 0.1) is 23.5 Å². The van der Waals surface area contributed by atoms with E-state index in [0.29, 0.717) is 17.8 Å². The van der Waals surface area contributed by atoms with Crippen LogP contribution >= 0.6 is 0 Å². The van der Waals surface area contributed by atoms with Gasteiger partial charge in [0.1, 0.15) is 0 Å². The van der Waals surface area contributed by atoms with Crippen LogP contribution in [-0.4, -0.2) is 41.1 Å². The van der Waals surface area contributed by atoms with E-state index < -0.39 is 0 Å². The molecule has 1 aromatic rings. The number of nitrogen functional groups attached to an aromatic ring is 1. The van der Waals surface area contributed by atoms with E-state index in [1.807, 2.05) is 6.07 Å². The Labute approximate surface area is 111 Å². The zero-order chi connectivity index (χ0) is 13.2. The van der Waals surface area contributed by atoms with Gasteiger partial charge < -0.3 is 4.74 Å². The smallest absolute Gasteiger partial charge is 0.266 e. The predicted octanol–water partition coefficient (Wildman–Crippen LogP) is 0.0483. The SMILES string of the molecule is NNC(=O)c1ccc(CN2CC3CCC(C2)O3)nc1. The maximum atomic E-state index is 11.3. The predicted molar refractivity (Wildman–Crippen MR) is 69.1 cm³/mol. The van der Waals surface area contributed by atoms with Crippen LogP contribution in [0.15, 0.2) is 18.3 Å². The highest BCUT2D eigenvalue weighted by Gasteiger charge is 2.33. The van der Waals surface area contributed by atoms with Crippen molar-refractivity contribution in [2.45, 2.75) is 31.6 Å². The molecule has 2 aliphatic heterocycles. The summed E-state index contributed by atoms with van der Waals surface area (Å²) in [5.74, 6) is 4.76. The van der Waals surface area contributed by atoms with Crippen molar-refractivity contribution in [1.82, 2.24) is 15.3 Å². The van der Waals surface area contributed by atoms with E-state index in [1.165, 1.54) is 12.8 Å². The maximum absolute atomic E-state index is 11.3. The fourth-order valence-electron chi connectivity index (χ4n) is 2.79. The third-order valence-electron chi connectivity index (χ3n) is 3.72. The first-order valence-corrected chi connectivity index (χ1v) is 6.58. The molecule has 1 amide bonds. The molecule has 2 saturated heterocycles. The quantitative estimate of drug-likeness (QED) is 0.457. The van der Waals surface area contributed by atoms with Crippen molar-refractivity contribution in [3.63, 3.8) is 0 Å². The minimum atomic E-state index is -0.316. The molecule has 102 valence electrons. The van der Waals surface area contributed by atoms with E-state index in [4.69, 9.17) is 10.6 Å². The summed E-state index contributed by atoms with van der Waals surface area (Å²) in [6, 6.07) is 3.63. The lowest BCUT2D eigenvalue weighted by Crippen LogP contribution is -2.42. The van der Waals surface area contributed by atoms with Crippen LogP contribution in [0.1, 0.15) is 28.9 Å². The van der Waals surface area contributed by atoms with Crippen molar-refractivity contribution in [3.8, 4) is 0 Å². The minimum Gasteiger partial charge on any atom is -0.372 e. The number of nitrogens with two attached hydrogens (primary N) is 1. The largest absolute Gasteiger partial charge is 0.372 e. The second-order valence-electron chi connectivity index (χ2n) is 5.16. The molecule has 3 N–H and O–H groups in total. The monoisotopic (exact) mass is 262 g/mol. The first kappa shape index (κ1) is 12.5. The summed E-state index contributed by atoms with van der Waals surface area (Å²) in [6.07, 6.45) is 4.68. The summed E-state index contributed by atoms with van der Waals surface area (Å²) in [7, 11) is 0. The number of pyridine rings is 1. The molecular weight excluding hydrogens is 244 g/mol. The van der Waals surface area contributed by atoms with Gasteiger partial charge in [0.15, 0.2) is 0 Å². The zero-order valence-corrected chi connectivity index (χ0v) is 10.7. The van der Waals surface area contributed by atoms with Crippen molar-refractivity contribution in [3.05, 3.63) is 29.6 Å². The van der Waals surface area contributed by atoms with E-state index >= 15 is 0 Å². The number of morpholine rings is 1. The second-order valence-corrected chi connectivity index (χ2v) is 5.16. The van der Waals surface area contributed by atoms with Crippen LogP contribution in [0, 0.1) is 0 Å². The van der Waals surface area contributed by atoms with E-state index in [0.717, 1.165) is 25.3 Å². The Morgan fingerprint density at radius 3 is 2.74 bits per heavy atom. The molecule has 6 nitrogen and oxygen atoms in total. The number of nitrogens with zero attached hydrogens (tertiary/aromatic N) is 2. The molecule has 2 bridgehead atoms. The summed E-state index contributed by atoms with van der Waals surface area (Å²) < 4.78 is 5.80. The molecule has 2 atom stereocenters. The Kier molecular flexibility index (Phi) is 3.46. The van der Waals surface area contributed by atoms with Crippen LogP contribution in [0.3, 0.4) is 0 Å². The number of hydrogen-bond acceptors (Lipinski definition) is 5. The van der Waals surface area contributed by atoms with Gasteiger partial charge in [-0.25, -0.2) is 5.84 Å². The number of rotatable bonds is 3. The number of amides is 1. The van der Waals surface area contributed by atoms with Crippen LogP contribution < -0.4 is 11.3 Å². The molecule has 2 fully saturated rings. The van der Waals surface area contributed by atoms with Gasteiger partial charge in [0.2, 0.25) is 0 Å². The number of fused-ring (bicyclic) bond motifs is 2. The van der Waals surface area contributed by atoms with Crippen LogP contribution in [0.4, 0.5) is 0 Å². The van der Waals surface area contributed by atoms with Gasteiger partial charge in [-0.2, -0.15) is 0 Å². The highest BCUT2D eigenvalue weighted by molar-refractivity contribution is 5.93. The molecule has 0 radical (unpaired) electrons. The minimum absolute atomic E-state index is 0.316. The van der Waals surface area contributed by atoms with Gasteiger partial charge in [0, 0.05) is 25.8 Å². The lowest BCUT2D eigenvalue weighted by molar-refractivity contribution is -0.0413. The van der Waals surface area contributed by atoms with Crippen molar-refractivity contribution < 1.29 is 9.53 Å². The summed E-state index contributed by atoms with van der Waals surface area (Å²) in [6.45, 7) is 2.76. The fourth-order valence-corrected chi connectivity index (χ4v) is 2.79. The van der Waals surface area contributed by atoms with Gasteiger partial charge in [-0.15, -0.1) is 0 Å². The highest BCUT2D eigenvalue weighted by atomic mass is 16.5. The number of hydrogen-bond donors (Lipinski definition) is 2. The lowest BCUT2D eigenvalue weighted by atomic mass is 10.2. The van der Waals surface area contributed by atoms with Crippen molar-refractivity contribution >= 4 is 5.91 Å². The second kappa shape index (κ2) is 5.24. The molecule has 2 aliphatic rings. The number of carbonyl (C=O) groups excluding carboxylic acids is 1. The zero-order valence-electron chi connectivity index (χ0n) is 10.7. The van der Waals surface area contributed by atoms with E-state index in [2.05, 4.69) is 15.3 Å². The van der Waals surface area contributed by atoms with Crippen molar-refractivity contribution in [2.24, 2.45) is 5.84 Å². The Morgan fingerprint density at radius 1 is 1.42 bits per heavy atom. The number of nitrogens with one attached hydrogen (secondary N) is 1. The molecule has 3 rings (SSSR count). The Bertz CT molecular complexity index is 450. The number of hydrazine groups is 1. The molecule has 0 saturated carbocycles. The van der Waals surface area contributed by atoms with Gasteiger partial charge in [-0.05, 0) is 25.0 Å². The first-order chi connectivity index (χ1) is 9.24. The summed E-state index contributed by atoms with van der Waals surface area (Å²) >= 11 is 0. The van der Waals surface area contributed by atoms with E-state index in [9.17, 15) is 4.79 Å². The average molecular weight is 262 g/mol. The fraction of sp³-hybridized carbons (Fsp3) is 0.538. The first-order valence-electron chi connectivity index (χ1n) is 6.58. The third-order valence-corrected chi connectivity index (χ3v) is 3.72. The Hall–Kier alpha value is -1.50. The topological polar surface area (TPSA) is 80.5 Å². The average Bonchev–Trinajstić information content (AvgIpc) is 2.78. The molecular formula is C13H18N4O2.